The molecule has 1 N–H and O–H groups in total. The topological polar surface area (TPSA) is 20.2 Å². The predicted molar refractivity (Wildman–Crippen MR) is 96.4 cm³/mol. The van der Waals surface area contributed by atoms with Gasteiger partial charge in [0.15, 0.2) is 0 Å². The number of hydrogen-bond donors (Lipinski definition) is 1. The van der Waals surface area contributed by atoms with E-state index >= 15 is 0 Å². The van der Waals surface area contributed by atoms with Crippen LogP contribution >= 0.6 is 0 Å². The molecular formula is C20H32O. The predicted octanol–water partition coefficient (Wildman–Crippen LogP) is 6.24. The van der Waals surface area contributed by atoms with Crippen LogP contribution in [0.15, 0.2) is 66.3 Å². The zero-order chi connectivity index (χ0) is 16.5. The van der Waals surface area contributed by atoms with E-state index in [0.29, 0.717) is 0 Å². The van der Waals surface area contributed by atoms with Crippen molar-refractivity contribution in [3.63, 3.8) is 0 Å². The summed E-state index contributed by atoms with van der Waals surface area (Å²) in [6.45, 7) is 12.0. The molecule has 0 radical (unpaired) electrons. The minimum absolute atomic E-state index is 0.523. The standard InChI is InChI=1S/C14H14O.3C2H6/c15-14(13-10-6-3-7-11-13)12-8-4-1-2-5-9-12;3*1-2/h1,3-11,14-15H,2H2;3*1-2H3. The Morgan fingerprint density at radius 3 is 2.00 bits per heavy atom. The molecule has 21 heavy (non-hydrogen) atoms. The lowest BCUT2D eigenvalue weighted by atomic mass is 10.0. The van der Waals surface area contributed by atoms with Crippen LogP contribution in [0.1, 0.15) is 59.6 Å². The van der Waals surface area contributed by atoms with E-state index in [4.69, 9.17) is 0 Å². The van der Waals surface area contributed by atoms with Crippen LogP contribution in [0.4, 0.5) is 0 Å². The zero-order valence-corrected chi connectivity index (χ0v) is 14.5. The van der Waals surface area contributed by atoms with E-state index in [9.17, 15) is 5.11 Å². The molecule has 0 amide bonds. The van der Waals surface area contributed by atoms with Gasteiger partial charge in [0, 0.05) is 0 Å². The van der Waals surface area contributed by atoms with E-state index in [1.54, 1.807) is 0 Å². The third-order valence-electron chi connectivity index (χ3n) is 2.44. The first-order chi connectivity index (χ1) is 10.4. The van der Waals surface area contributed by atoms with Gasteiger partial charge in [0.05, 0.1) is 0 Å². The lowest BCUT2D eigenvalue weighted by Gasteiger charge is -2.11. The highest BCUT2D eigenvalue weighted by molar-refractivity contribution is 5.36. The molecule has 0 saturated heterocycles. The summed E-state index contributed by atoms with van der Waals surface area (Å²) < 4.78 is 0. The van der Waals surface area contributed by atoms with E-state index in [2.05, 4.69) is 12.2 Å². The molecule has 0 fully saturated rings. The third kappa shape index (κ3) is 9.04. The summed E-state index contributed by atoms with van der Waals surface area (Å²) in [7, 11) is 0. The van der Waals surface area contributed by atoms with Gasteiger partial charge in [-0.05, 0) is 17.6 Å². The van der Waals surface area contributed by atoms with Crippen LogP contribution in [-0.2, 0) is 0 Å². The van der Waals surface area contributed by atoms with Crippen LogP contribution in [0, 0.1) is 0 Å². The van der Waals surface area contributed by atoms with Gasteiger partial charge < -0.3 is 5.11 Å². The second kappa shape index (κ2) is 16.5. The molecule has 1 nitrogen and oxygen atoms in total. The maximum atomic E-state index is 10.1. The summed E-state index contributed by atoms with van der Waals surface area (Å²) in [4.78, 5) is 0. The van der Waals surface area contributed by atoms with Gasteiger partial charge in [-0.15, -0.1) is 0 Å². The van der Waals surface area contributed by atoms with Gasteiger partial charge in [-0.25, -0.2) is 0 Å². The Morgan fingerprint density at radius 1 is 0.857 bits per heavy atom. The molecule has 1 aliphatic carbocycles. The zero-order valence-electron chi connectivity index (χ0n) is 14.5. The lowest BCUT2D eigenvalue weighted by molar-refractivity contribution is 0.219. The van der Waals surface area contributed by atoms with Crippen molar-refractivity contribution < 1.29 is 5.11 Å². The first-order valence-corrected chi connectivity index (χ1v) is 8.14. The largest absolute Gasteiger partial charge is 0.384 e. The maximum absolute atomic E-state index is 10.1. The highest BCUT2D eigenvalue weighted by atomic mass is 16.3. The van der Waals surface area contributed by atoms with Gasteiger partial charge in [-0.1, -0.05) is 102 Å². The summed E-state index contributed by atoms with van der Waals surface area (Å²) >= 11 is 0. The maximum Gasteiger partial charge on any atom is 0.104 e. The lowest BCUT2D eigenvalue weighted by Crippen LogP contribution is -1.98. The van der Waals surface area contributed by atoms with Crippen molar-refractivity contribution in [1.29, 1.82) is 0 Å². The second-order valence-corrected chi connectivity index (χ2v) is 3.55. The Balaban J connectivity index is 0. The number of aliphatic hydroxyl groups excluding tert-OH is 1. The summed E-state index contributed by atoms with van der Waals surface area (Å²) in [5.74, 6) is 0. The average Bonchev–Trinajstić information content (AvgIpc) is 2.90. The third-order valence-corrected chi connectivity index (χ3v) is 2.44. The van der Waals surface area contributed by atoms with Crippen molar-refractivity contribution in [1.82, 2.24) is 0 Å². The number of benzene rings is 1. The Labute approximate surface area is 131 Å². The fourth-order valence-electron chi connectivity index (χ4n) is 1.61. The Bertz CT molecular complexity index is 399. The van der Waals surface area contributed by atoms with Gasteiger partial charge in [-0.2, -0.15) is 0 Å². The molecular weight excluding hydrogens is 256 g/mol. The molecule has 0 bridgehead atoms. The summed E-state index contributed by atoms with van der Waals surface area (Å²) in [6, 6.07) is 9.71. The summed E-state index contributed by atoms with van der Waals surface area (Å²) in [6.07, 6.45) is 10.5. The van der Waals surface area contributed by atoms with Gasteiger partial charge >= 0.3 is 0 Å². The van der Waals surface area contributed by atoms with Crippen molar-refractivity contribution in [2.45, 2.75) is 54.1 Å². The van der Waals surface area contributed by atoms with Crippen LogP contribution in [0.25, 0.3) is 0 Å². The van der Waals surface area contributed by atoms with Gasteiger partial charge in [0.2, 0.25) is 0 Å². The Kier molecular flexibility index (Phi) is 17.0. The first-order valence-electron chi connectivity index (χ1n) is 8.14. The van der Waals surface area contributed by atoms with Crippen LogP contribution in [0.2, 0.25) is 0 Å². The molecule has 1 unspecified atom stereocenters. The van der Waals surface area contributed by atoms with Crippen molar-refractivity contribution in [3.8, 4) is 0 Å². The monoisotopic (exact) mass is 288 g/mol. The Hall–Kier alpha value is -1.60. The summed E-state index contributed by atoms with van der Waals surface area (Å²) in [5.41, 5.74) is 1.87. The van der Waals surface area contributed by atoms with E-state index in [1.807, 2.05) is 90.1 Å². The van der Waals surface area contributed by atoms with Crippen molar-refractivity contribution >= 4 is 0 Å². The smallest absolute Gasteiger partial charge is 0.104 e. The molecule has 1 heteroatoms. The van der Waals surface area contributed by atoms with E-state index in [0.717, 1.165) is 17.6 Å². The molecule has 1 atom stereocenters. The van der Waals surface area contributed by atoms with E-state index < -0.39 is 6.10 Å². The van der Waals surface area contributed by atoms with Crippen LogP contribution in [0.3, 0.4) is 0 Å². The van der Waals surface area contributed by atoms with Crippen molar-refractivity contribution in [2.24, 2.45) is 0 Å². The van der Waals surface area contributed by atoms with Crippen LogP contribution < -0.4 is 0 Å². The minimum atomic E-state index is -0.523. The Morgan fingerprint density at radius 2 is 1.43 bits per heavy atom. The van der Waals surface area contributed by atoms with Crippen molar-refractivity contribution in [3.05, 3.63) is 71.8 Å². The van der Waals surface area contributed by atoms with E-state index in [1.165, 1.54) is 0 Å². The number of allylic oxidation sites excluding steroid dienone is 4. The fourth-order valence-corrected chi connectivity index (χ4v) is 1.61. The van der Waals surface area contributed by atoms with Crippen LogP contribution in [0.5, 0.6) is 0 Å². The quantitative estimate of drug-likeness (QED) is 0.682. The molecule has 1 aromatic carbocycles. The number of rotatable bonds is 2. The second-order valence-electron chi connectivity index (χ2n) is 3.55. The molecule has 0 saturated carbocycles. The first kappa shape index (κ1) is 21.7. The molecule has 0 spiro atoms. The van der Waals surface area contributed by atoms with Gasteiger partial charge in [0.25, 0.3) is 0 Å². The molecule has 0 aromatic heterocycles. The molecule has 1 aliphatic rings. The normalized spacial score (nSPS) is 13.0. The van der Waals surface area contributed by atoms with Crippen LogP contribution in [-0.4, -0.2) is 5.11 Å². The number of aliphatic hydroxyl groups is 1. The summed E-state index contributed by atoms with van der Waals surface area (Å²) in [5, 5.41) is 10.1. The molecule has 0 heterocycles. The van der Waals surface area contributed by atoms with Gasteiger partial charge in [0.1, 0.15) is 6.10 Å². The minimum Gasteiger partial charge on any atom is -0.384 e. The highest BCUT2D eigenvalue weighted by Crippen LogP contribution is 2.23. The molecule has 2 rings (SSSR count). The van der Waals surface area contributed by atoms with E-state index in [-0.39, 0.29) is 0 Å². The molecule has 0 aliphatic heterocycles. The average molecular weight is 288 g/mol. The highest BCUT2D eigenvalue weighted by Gasteiger charge is 2.09. The van der Waals surface area contributed by atoms with Crippen molar-refractivity contribution in [2.75, 3.05) is 0 Å². The fraction of sp³-hybridized carbons (Fsp3) is 0.400. The number of hydrogen-bond acceptors (Lipinski definition) is 1. The molecule has 1 aromatic rings. The van der Waals surface area contributed by atoms with Gasteiger partial charge in [-0.3, -0.25) is 0 Å². The molecule has 118 valence electrons. The SMILES string of the molecule is CC.CC.CC.OC(C1=CC=CCC=C1)c1ccccc1.